The second kappa shape index (κ2) is 7.91. The number of hydrogen-bond donors (Lipinski definition) is 0. The van der Waals surface area contributed by atoms with Gasteiger partial charge in [0.1, 0.15) is 0 Å². The maximum Gasteiger partial charge on any atom is 0.205 e. The third-order valence-corrected chi connectivity index (χ3v) is 3.51. The molecular formula is C16H21ClO3. The first kappa shape index (κ1) is 16.5. The van der Waals surface area contributed by atoms with Crippen molar-refractivity contribution >= 4 is 11.6 Å². The van der Waals surface area contributed by atoms with Crippen molar-refractivity contribution in [1.29, 1.82) is 0 Å². The van der Waals surface area contributed by atoms with Gasteiger partial charge in [0.2, 0.25) is 5.75 Å². The van der Waals surface area contributed by atoms with Crippen LogP contribution in [0.25, 0.3) is 0 Å². The fourth-order valence-corrected chi connectivity index (χ4v) is 2.64. The molecule has 1 rings (SSSR count). The van der Waals surface area contributed by atoms with Gasteiger partial charge in [-0.2, -0.15) is 0 Å². The fraction of sp³-hybridized carbons (Fsp3) is 0.500. The topological polar surface area (TPSA) is 27.7 Å². The molecule has 0 radical (unpaired) electrons. The van der Waals surface area contributed by atoms with Crippen LogP contribution in [0.2, 0.25) is 5.02 Å². The van der Waals surface area contributed by atoms with Gasteiger partial charge in [-0.25, -0.2) is 0 Å². The first-order valence-corrected chi connectivity index (χ1v) is 6.94. The lowest BCUT2D eigenvalue weighted by molar-refractivity contribution is 0.320. The van der Waals surface area contributed by atoms with Crippen LogP contribution in [0.5, 0.6) is 17.2 Å². The van der Waals surface area contributed by atoms with Crippen molar-refractivity contribution in [3.05, 3.63) is 16.7 Å². The van der Waals surface area contributed by atoms with E-state index in [2.05, 4.69) is 12.8 Å². The maximum absolute atomic E-state index is 6.27. The second-order valence-electron chi connectivity index (χ2n) is 4.44. The van der Waals surface area contributed by atoms with Crippen molar-refractivity contribution in [2.24, 2.45) is 0 Å². The minimum absolute atomic E-state index is 0.192. The van der Waals surface area contributed by atoms with Crippen molar-refractivity contribution in [3.63, 3.8) is 0 Å². The summed E-state index contributed by atoms with van der Waals surface area (Å²) in [6, 6.07) is 1.86. The molecule has 0 amide bonds. The van der Waals surface area contributed by atoms with Crippen LogP contribution in [0.3, 0.4) is 0 Å². The second-order valence-corrected chi connectivity index (χ2v) is 4.85. The molecule has 0 aliphatic heterocycles. The van der Waals surface area contributed by atoms with Gasteiger partial charge in [-0.05, 0) is 18.4 Å². The first-order valence-electron chi connectivity index (χ1n) is 6.56. The fourth-order valence-electron chi connectivity index (χ4n) is 2.36. The van der Waals surface area contributed by atoms with Gasteiger partial charge in [0, 0.05) is 12.0 Å². The lowest BCUT2D eigenvalue weighted by atomic mass is 9.90. The van der Waals surface area contributed by atoms with E-state index < -0.39 is 0 Å². The lowest BCUT2D eigenvalue weighted by Gasteiger charge is -2.21. The third kappa shape index (κ3) is 3.32. The molecule has 1 aromatic carbocycles. The van der Waals surface area contributed by atoms with Gasteiger partial charge in [0.15, 0.2) is 11.5 Å². The van der Waals surface area contributed by atoms with Crippen molar-refractivity contribution in [2.75, 3.05) is 21.3 Å². The molecule has 0 fully saturated rings. The predicted octanol–water partition coefficient (Wildman–Crippen LogP) is 4.27. The molecule has 0 saturated carbocycles. The highest BCUT2D eigenvalue weighted by atomic mass is 35.5. The molecule has 0 aliphatic carbocycles. The molecular weight excluding hydrogens is 276 g/mol. The minimum atomic E-state index is 0.192. The van der Waals surface area contributed by atoms with Crippen LogP contribution in [0.4, 0.5) is 0 Å². The van der Waals surface area contributed by atoms with E-state index >= 15 is 0 Å². The Morgan fingerprint density at radius 2 is 1.75 bits per heavy atom. The highest BCUT2D eigenvalue weighted by molar-refractivity contribution is 6.32. The zero-order valence-corrected chi connectivity index (χ0v) is 13.2. The Hall–Kier alpha value is -1.53. The molecule has 0 aliphatic rings. The van der Waals surface area contributed by atoms with Gasteiger partial charge in [0.05, 0.1) is 26.4 Å². The summed E-state index contributed by atoms with van der Waals surface area (Å²) in [5, 5.41) is 0.498. The Kier molecular flexibility index (Phi) is 6.54. The Labute approximate surface area is 126 Å². The van der Waals surface area contributed by atoms with Crippen LogP contribution < -0.4 is 14.2 Å². The van der Waals surface area contributed by atoms with E-state index in [0.717, 1.165) is 18.4 Å². The van der Waals surface area contributed by atoms with E-state index in [9.17, 15) is 0 Å². The number of ether oxygens (including phenoxy) is 3. The summed E-state index contributed by atoms with van der Waals surface area (Å²) < 4.78 is 16.2. The number of benzene rings is 1. The SMILES string of the molecule is C#CCC(CCC)c1cc(Cl)c(OC)c(OC)c1OC. The molecule has 3 nitrogen and oxygen atoms in total. The minimum Gasteiger partial charge on any atom is -0.492 e. The Morgan fingerprint density at radius 1 is 1.15 bits per heavy atom. The number of methoxy groups -OCH3 is 3. The number of terminal acetylenes is 1. The Balaban J connectivity index is 3.45. The predicted molar refractivity (Wildman–Crippen MR) is 82.2 cm³/mol. The molecule has 1 unspecified atom stereocenters. The standard InChI is InChI=1S/C16H21ClO3/c1-6-8-11(9-7-2)12-10-13(17)15(19-4)16(20-5)14(12)18-3/h1,10-11H,7-9H2,2-5H3. The van der Waals surface area contributed by atoms with Gasteiger partial charge in [-0.15, -0.1) is 12.3 Å². The molecule has 1 atom stereocenters. The van der Waals surface area contributed by atoms with Gasteiger partial charge in [-0.3, -0.25) is 0 Å². The Bertz CT molecular complexity index is 491. The molecule has 0 N–H and O–H groups in total. The zero-order chi connectivity index (χ0) is 15.1. The molecule has 1 aromatic rings. The quantitative estimate of drug-likeness (QED) is 0.703. The summed E-state index contributed by atoms with van der Waals surface area (Å²) >= 11 is 6.27. The van der Waals surface area contributed by atoms with Gasteiger partial charge < -0.3 is 14.2 Å². The number of hydrogen-bond acceptors (Lipinski definition) is 3. The summed E-state index contributed by atoms with van der Waals surface area (Å²) in [6.07, 6.45) is 8.10. The molecule has 0 spiro atoms. The van der Waals surface area contributed by atoms with Crippen LogP contribution in [0.1, 0.15) is 37.7 Å². The van der Waals surface area contributed by atoms with Crippen molar-refractivity contribution in [1.82, 2.24) is 0 Å². The van der Waals surface area contributed by atoms with Gasteiger partial charge in [-0.1, -0.05) is 24.9 Å². The summed E-state index contributed by atoms with van der Waals surface area (Å²) in [6.45, 7) is 2.12. The molecule has 20 heavy (non-hydrogen) atoms. The smallest absolute Gasteiger partial charge is 0.205 e. The van der Waals surface area contributed by atoms with Crippen molar-refractivity contribution in [3.8, 4) is 29.6 Å². The first-order chi connectivity index (χ1) is 9.64. The largest absolute Gasteiger partial charge is 0.492 e. The number of halogens is 1. The number of rotatable bonds is 7. The van der Waals surface area contributed by atoms with E-state index in [-0.39, 0.29) is 5.92 Å². The Morgan fingerprint density at radius 3 is 2.20 bits per heavy atom. The summed E-state index contributed by atoms with van der Waals surface area (Å²) in [7, 11) is 4.72. The maximum atomic E-state index is 6.27. The molecule has 0 saturated heterocycles. The van der Waals surface area contributed by atoms with Crippen molar-refractivity contribution < 1.29 is 14.2 Å². The van der Waals surface area contributed by atoms with Gasteiger partial charge >= 0.3 is 0 Å². The van der Waals surface area contributed by atoms with E-state index in [1.54, 1.807) is 21.3 Å². The van der Waals surface area contributed by atoms with E-state index in [0.29, 0.717) is 28.7 Å². The van der Waals surface area contributed by atoms with Crippen LogP contribution >= 0.6 is 11.6 Å². The third-order valence-electron chi connectivity index (χ3n) is 3.23. The van der Waals surface area contributed by atoms with Crippen LogP contribution in [0, 0.1) is 12.3 Å². The van der Waals surface area contributed by atoms with E-state index in [4.69, 9.17) is 32.2 Å². The summed E-state index contributed by atoms with van der Waals surface area (Å²) in [4.78, 5) is 0. The molecule has 4 heteroatoms. The van der Waals surface area contributed by atoms with Crippen LogP contribution in [-0.4, -0.2) is 21.3 Å². The normalized spacial score (nSPS) is 11.6. The van der Waals surface area contributed by atoms with E-state index in [1.807, 2.05) is 6.07 Å². The molecule has 0 bridgehead atoms. The average molecular weight is 297 g/mol. The van der Waals surface area contributed by atoms with Crippen LogP contribution in [0.15, 0.2) is 6.07 Å². The highest BCUT2D eigenvalue weighted by Crippen LogP contribution is 2.48. The summed E-state index contributed by atoms with van der Waals surface area (Å²) in [5.74, 6) is 4.54. The average Bonchev–Trinajstić information content (AvgIpc) is 2.45. The van der Waals surface area contributed by atoms with Crippen molar-refractivity contribution in [2.45, 2.75) is 32.1 Å². The molecule has 110 valence electrons. The summed E-state index contributed by atoms with van der Waals surface area (Å²) in [5.41, 5.74) is 0.968. The van der Waals surface area contributed by atoms with Crippen LogP contribution in [-0.2, 0) is 0 Å². The van der Waals surface area contributed by atoms with E-state index in [1.165, 1.54) is 0 Å². The molecule has 0 aromatic heterocycles. The lowest BCUT2D eigenvalue weighted by Crippen LogP contribution is -2.04. The monoisotopic (exact) mass is 296 g/mol. The molecule has 0 heterocycles. The zero-order valence-electron chi connectivity index (χ0n) is 12.5. The highest BCUT2D eigenvalue weighted by Gasteiger charge is 2.24. The van der Waals surface area contributed by atoms with Gasteiger partial charge in [0.25, 0.3) is 0 Å².